The Kier molecular flexibility index (Phi) is 2.15. The van der Waals surface area contributed by atoms with E-state index in [0.717, 1.165) is 5.82 Å². The van der Waals surface area contributed by atoms with E-state index in [1.165, 1.54) is 7.11 Å². The number of rotatable bonds is 2. The van der Waals surface area contributed by atoms with Crippen LogP contribution in [0.3, 0.4) is 0 Å². The molecule has 1 heterocycles. The van der Waals surface area contributed by atoms with Gasteiger partial charge in [0, 0.05) is 7.05 Å². The fourth-order valence-electron chi connectivity index (χ4n) is 0.770. The molecule has 0 bridgehead atoms. The third-order valence-corrected chi connectivity index (χ3v) is 1.36. The number of methoxy groups -OCH3 is 1. The van der Waals surface area contributed by atoms with Crippen molar-refractivity contribution in [1.29, 1.82) is 0 Å². The Hall–Kier alpha value is -1.45. The molecule has 0 saturated carbocycles. The molecule has 4 heteroatoms. The van der Waals surface area contributed by atoms with Crippen molar-refractivity contribution < 1.29 is 9.53 Å². The number of carbonyl (C=O) groups is 1. The number of aromatic nitrogens is 1. The lowest BCUT2D eigenvalue weighted by atomic mass is 10.4. The molecule has 0 amide bonds. The lowest BCUT2D eigenvalue weighted by Crippen LogP contribution is -2.01. The summed E-state index contributed by atoms with van der Waals surface area (Å²) < 4.78 is 4.50. The van der Waals surface area contributed by atoms with Gasteiger partial charge in [0.15, 0.2) is 0 Å². The van der Waals surface area contributed by atoms with Crippen LogP contribution in [0.5, 0.6) is 0 Å². The molecule has 4 nitrogen and oxygen atoms in total. The van der Waals surface area contributed by atoms with E-state index in [0.29, 0.717) is 5.69 Å². The molecule has 2 N–H and O–H groups in total. The maximum absolute atomic E-state index is 10.9. The van der Waals surface area contributed by atoms with Crippen molar-refractivity contribution in [3.8, 4) is 0 Å². The highest BCUT2D eigenvalue weighted by Gasteiger charge is 2.05. The summed E-state index contributed by atoms with van der Waals surface area (Å²) in [7, 11) is 3.12. The summed E-state index contributed by atoms with van der Waals surface area (Å²) in [6, 6.07) is 3.43. The van der Waals surface area contributed by atoms with Gasteiger partial charge in [0.05, 0.1) is 7.11 Å². The van der Waals surface area contributed by atoms with Crippen LogP contribution in [0.4, 0.5) is 5.82 Å². The standard InChI is InChI=1S/C7H10N2O2/c1-8-6-4-3-5(9-6)7(10)11-2/h3-4,8-9H,1-2H3. The summed E-state index contributed by atoms with van der Waals surface area (Å²) >= 11 is 0. The number of esters is 1. The van der Waals surface area contributed by atoms with E-state index in [2.05, 4.69) is 15.0 Å². The molecule has 0 aliphatic carbocycles. The van der Waals surface area contributed by atoms with Crippen LogP contribution in [-0.2, 0) is 4.74 Å². The zero-order valence-electron chi connectivity index (χ0n) is 6.47. The van der Waals surface area contributed by atoms with Crippen LogP contribution >= 0.6 is 0 Å². The largest absolute Gasteiger partial charge is 0.464 e. The van der Waals surface area contributed by atoms with E-state index in [9.17, 15) is 4.79 Å². The second-order valence-electron chi connectivity index (χ2n) is 2.03. The Morgan fingerprint density at radius 3 is 2.82 bits per heavy atom. The summed E-state index contributed by atoms with van der Waals surface area (Å²) in [4.78, 5) is 13.7. The van der Waals surface area contributed by atoms with E-state index >= 15 is 0 Å². The zero-order valence-corrected chi connectivity index (χ0v) is 6.47. The van der Waals surface area contributed by atoms with Gasteiger partial charge in [0.25, 0.3) is 0 Å². The summed E-state index contributed by atoms with van der Waals surface area (Å²) in [5.41, 5.74) is 0.455. The van der Waals surface area contributed by atoms with E-state index in [4.69, 9.17) is 0 Å². The minimum atomic E-state index is -0.355. The van der Waals surface area contributed by atoms with Gasteiger partial charge in [0.1, 0.15) is 11.5 Å². The molecule has 0 aliphatic heterocycles. The zero-order chi connectivity index (χ0) is 8.27. The molecule has 60 valence electrons. The number of ether oxygens (including phenoxy) is 1. The third-order valence-electron chi connectivity index (χ3n) is 1.36. The molecule has 11 heavy (non-hydrogen) atoms. The number of anilines is 1. The Labute approximate surface area is 64.6 Å². The molecule has 0 fully saturated rings. The first kappa shape index (κ1) is 7.65. The monoisotopic (exact) mass is 154 g/mol. The smallest absolute Gasteiger partial charge is 0.354 e. The van der Waals surface area contributed by atoms with Crippen LogP contribution in [0.1, 0.15) is 10.5 Å². The number of nitrogens with one attached hydrogen (secondary N) is 2. The van der Waals surface area contributed by atoms with Crippen LogP contribution < -0.4 is 5.32 Å². The summed E-state index contributed by atoms with van der Waals surface area (Å²) in [5.74, 6) is 0.442. The van der Waals surface area contributed by atoms with Gasteiger partial charge in [-0.1, -0.05) is 0 Å². The van der Waals surface area contributed by atoms with Gasteiger partial charge in [-0.05, 0) is 12.1 Å². The predicted octanol–water partition coefficient (Wildman–Crippen LogP) is 0.843. The maximum atomic E-state index is 10.9. The SMILES string of the molecule is CNc1ccc(C(=O)OC)[nH]1. The number of aromatic amines is 1. The van der Waals surface area contributed by atoms with E-state index in [1.807, 2.05) is 0 Å². The molecule has 0 saturated heterocycles. The quantitative estimate of drug-likeness (QED) is 0.621. The van der Waals surface area contributed by atoms with E-state index in [1.54, 1.807) is 19.2 Å². The van der Waals surface area contributed by atoms with Crippen molar-refractivity contribution in [2.45, 2.75) is 0 Å². The van der Waals surface area contributed by atoms with Crippen molar-refractivity contribution in [2.75, 3.05) is 19.5 Å². The van der Waals surface area contributed by atoms with Crippen LogP contribution in [-0.4, -0.2) is 25.1 Å². The van der Waals surface area contributed by atoms with Gasteiger partial charge < -0.3 is 15.0 Å². The van der Waals surface area contributed by atoms with Gasteiger partial charge in [-0.15, -0.1) is 0 Å². The van der Waals surface area contributed by atoms with Gasteiger partial charge in [0.2, 0.25) is 0 Å². The molecule has 0 atom stereocenters. The lowest BCUT2D eigenvalue weighted by Gasteiger charge is -1.94. The van der Waals surface area contributed by atoms with Gasteiger partial charge in [-0.25, -0.2) is 4.79 Å². The Morgan fingerprint density at radius 1 is 1.64 bits per heavy atom. The first-order valence-corrected chi connectivity index (χ1v) is 3.23. The van der Waals surface area contributed by atoms with Crippen LogP contribution in [0.25, 0.3) is 0 Å². The van der Waals surface area contributed by atoms with Crippen LogP contribution in [0.2, 0.25) is 0 Å². The van der Waals surface area contributed by atoms with E-state index in [-0.39, 0.29) is 5.97 Å². The minimum Gasteiger partial charge on any atom is -0.464 e. The number of H-pyrrole nitrogens is 1. The highest BCUT2D eigenvalue weighted by Crippen LogP contribution is 2.06. The van der Waals surface area contributed by atoms with Crippen LogP contribution in [0.15, 0.2) is 12.1 Å². The fourth-order valence-corrected chi connectivity index (χ4v) is 0.770. The second-order valence-corrected chi connectivity index (χ2v) is 2.03. The Balaban J connectivity index is 2.80. The number of hydrogen-bond acceptors (Lipinski definition) is 3. The summed E-state index contributed by atoms with van der Waals surface area (Å²) in [5, 5.41) is 2.86. The summed E-state index contributed by atoms with van der Waals surface area (Å²) in [6.45, 7) is 0. The molecule has 0 aliphatic rings. The Bertz CT molecular complexity index is 255. The fraction of sp³-hybridized carbons (Fsp3) is 0.286. The lowest BCUT2D eigenvalue weighted by molar-refractivity contribution is 0.0595. The molecular formula is C7H10N2O2. The van der Waals surface area contributed by atoms with Crippen molar-refractivity contribution in [2.24, 2.45) is 0 Å². The van der Waals surface area contributed by atoms with Crippen LogP contribution in [0, 0.1) is 0 Å². The molecule has 0 unspecified atom stereocenters. The minimum absolute atomic E-state index is 0.355. The summed E-state index contributed by atoms with van der Waals surface area (Å²) in [6.07, 6.45) is 0. The molecular weight excluding hydrogens is 144 g/mol. The molecule has 0 radical (unpaired) electrons. The van der Waals surface area contributed by atoms with Crippen molar-refractivity contribution >= 4 is 11.8 Å². The molecule has 1 rings (SSSR count). The highest BCUT2D eigenvalue weighted by atomic mass is 16.5. The Morgan fingerprint density at radius 2 is 2.36 bits per heavy atom. The topological polar surface area (TPSA) is 54.1 Å². The first-order chi connectivity index (χ1) is 5.27. The van der Waals surface area contributed by atoms with Crippen molar-refractivity contribution in [3.05, 3.63) is 17.8 Å². The third kappa shape index (κ3) is 1.52. The number of hydrogen-bond donors (Lipinski definition) is 2. The van der Waals surface area contributed by atoms with E-state index < -0.39 is 0 Å². The average molecular weight is 154 g/mol. The maximum Gasteiger partial charge on any atom is 0.354 e. The highest BCUT2D eigenvalue weighted by molar-refractivity contribution is 5.88. The average Bonchev–Trinajstić information content (AvgIpc) is 2.50. The molecule has 1 aromatic rings. The molecule has 1 aromatic heterocycles. The molecule has 0 spiro atoms. The second kappa shape index (κ2) is 3.09. The normalized spacial score (nSPS) is 9.27. The van der Waals surface area contributed by atoms with Crippen molar-refractivity contribution in [1.82, 2.24) is 4.98 Å². The predicted molar refractivity (Wildman–Crippen MR) is 41.7 cm³/mol. The van der Waals surface area contributed by atoms with Gasteiger partial charge in [-0.2, -0.15) is 0 Å². The van der Waals surface area contributed by atoms with Crippen molar-refractivity contribution in [3.63, 3.8) is 0 Å². The number of carbonyl (C=O) groups excluding carboxylic acids is 1. The van der Waals surface area contributed by atoms with Gasteiger partial charge >= 0.3 is 5.97 Å². The molecule has 0 aromatic carbocycles. The first-order valence-electron chi connectivity index (χ1n) is 3.23. The van der Waals surface area contributed by atoms with Gasteiger partial charge in [-0.3, -0.25) is 0 Å².